The number of nitrogens with one attached hydrogen (secondary N) is 1. The second-order valence-corrected chi connectivity index (χ2v) is 5.44. The van der Waals surface area contributed by atoms with Crippen LogP contribution in [-0.2, 0) is 11.2 Å². The molecule has 1 aromatic carbocycles. The van der Waals surface area contributed by atoms with Gasteiger partial charge in [-0.3, -0.25) is 4.79 Å². The van der Waals surface area contributed by atoms with Crippen LogP contribution in [0.1, 0.15) is 50.3 Å². The molecule has 0 aromatic heterocycles. The first-order valence-electron chi connectivity index (χ1n) is 7.85. The topological polar surface area (TPSA) is 32.3 Å². The number of likely N-dealkylation sites (N-methyl/N-ethyl adjacent to an activating group) is 1. The number of benzene rings is 1. The van der Waals surface area contributed by atoms with Gasteiger partial charge in [0, 0.05) is 19.1 Å². The predicted octanol–water partition coefficient (Wildman–Crippen LogP) is 2.91. The first-order valence-corrected chi connectivity index (χ1v) is 7.85. The van der Waals surface area contributed by atoms with Gasteiger partial charge in [-0.05, 0) is 44.2 Å². The van der Waals surface area contributed by atoms with Crippen molar-refractivity contribution < 1.29 is 4.79 Å². The van der Waals surface area contributed by atoms with Gasteiger partial charge >= 0.3 is 0 Å². The summed E-state index contributed by atoms with van der Waals surface area (Å²) in [5, 5.41) is 3.48. The summed E-state index contributed by atoms with van der Waals surface area (Å²) in [6.07, 6.45) is 4.77. The van der Waals surface area contributed by atoms with Crippen molar-refractivity contribution in [1.29, 1.82) is 0 Å². The van der Waals surface area contributed by atoms with Crippen LogP contribution >= 0.6 is 0 Å². The van der Waals surface area contributed by atoms with Crippen LogP contribution in [0, 0.1) is 0 Å². The summed E-state index contributed by atoms with van der Waals surface area (Å²) < 4.78 is 0. The van der Waals surface area contributed by atoms with Gasteiger partial charge in [-0.2, -0.15) is 0 Å². The zero-order chi connectivity index (χ0) is 14.4. The molecule has 0 saturated heterocycles. The highest BCUT2D eigenvalue weighted by Crippen LogP contribution is 2.28. The van der Waals surface area contributed by atoms with Gasteiger partial charge in [0.15, 0.2) is 0 Å². The first kappa shape index (κ1) is 15.0. The first-order chi connectivity index (χ1) is 9.76. The van der Waals surface area contributed by atoms with Crippen molar-refractivity contribution in [2.24, 2.45) is 0 Å². The van der Waals surface area contributed by atoms with E-state index < -0.39 is 0 Å². The van der Waals surface area contributed by atoms with E-state index in [1.165, 1.54) is 30.4 Å². The summed E-state index contributed by atoms with van der Waals surface area (Å²) in [6.45, 7) is 6.09. The molecule has 0 fully saturated rings. The highest BCUT2D eigenvalue weighted by molar-refractivity contribution is 5.78. The molecule has 0 radical (unpaired) electrons. The maximum Gasteiger partial charge on any atom is 0.236 e. The van der Waals surface area contributed by atoms with Crippen molar-refractivity contribution >= 4 is 5.91 Å². The van der Waals surface area contributed by atoms with E-state index in [1.54, 1.807) is 0 Å². The molecule has 0 aliphatic heterocycles. The summed E-state index contributed by atoms with van der Waals surface area (Å²) >= 11 is 0. The van der Waals surface area contributed by atoms with Crippen molar-refractivity contribution in [1.82, 2.24) is 10.2 Å². The van der Waals surface area contributed by atoms with Gasteiger partial charge in [-0.25, -0.2) is 0 Å². The molecule has 1 aliphatic carbocycles. The van der Waals surface area contributed by atoms with Crippen LogP contribution in [0.3, 0.4) is 0 Å². The Labute approximate surface area is 122 Å². The molecule has 0 saturated carbocycles. The van der Waals surface area contributed by atoms with Crippen LogP contribution < -0.4 is 5.32 Å². The minimum Gasteiger partial charge on any atom is -0.342 e. The lowest BCUT2D eigenvalue weighted by Crippen LogP contribution is -2.39. The van der Waals surface area contributed by atoms with Crippen LogP contribution in [0.15, 0.2) is 24.3 Å². The Morgan fingerprint density at radius 3 is 2.75 bits per heavy atom. The molecule has 0 bridgehead atoms. The lowest BCUT2D eigenvalue weighted by molar-refractivity contribution is -0.130. The van der Waals surface area contributed by atoms with E-state index in [2.05, 4.69) is 29.6 Å². The third-order valence-electron chi connectivity index (χ3n) is 4.24. The maximum atomic E-state index is 12.1. The number of hydrogen-bond donors (Lipinski definition) is 1. The SMILES string of the molecule is CCN(CC)C(=O)CNC1CCCCc2ccccc21. The van der Waals surface area contributed by atoms with E-state index >= 15 is 0 Å². The molecule has 2 rings (SSSR count). The largest absolute Gasteiger partial charge is 0.342 e. The summed E-state index contributed by atoms with van der Waals surface area (Å²) in [5.74, 6) is 0.205. The number of amides is 1. The van der Waals surface area contributed by atoms with Crippen LogP contribution in [-0.4, -0.2) is 30.4 Å². The molecule has 1 aromatic rings. The lowest BCUT2D eigenvalue weighted by Gasteiger charge is -2.23. The van der Waals surface area contributed by atoms with E-state index in [0.717, 1.165) is 19.5 Å². The average Bonchev–Trinajstić information content (AvgIpc) is 2.68. The Balaban J connectivity index is 2.01. The Kier molecular flexibility index (Phi) is 5.60. The normalized spacial score (nSPS) is 18.2. The summed E-state index contributed by atoms with van der Waals surface area (Å²) in [6, 6.07) is 8.97. The zero-order valence-electron chi connectivity index (χ0n) is 12.7. The number of carbonyl (C=O) groups excluding carboxylic acids is 1. The zero-order valence-corrected chi connectivity index (χ0v) is 12.7. The molecular formula is C17H26N2O. The monoisotopic (exact) mass is 274 g/mol. The fourth-order valence-electron chi connectivity index (χ4n) is 3.03. The van der Waals surface area contributed by atoms with E-state index in [9.17, 15) is 4.79 Å². The fourth-order valence-corrected chi connectivity index (χ4v) is 3.03. The second-order valence-electron chi connectivity index (χ2n) is 5.44. The number of nitrogens with zero attached hydrogens (tertiary/aromatic N) is 1. The molecule has 3 heteroatoms. The Morgan fingerprint density at radius 2 is 2.00 bits per heavy atom. The Hall–Kier alpha value is -1.35. The van der Waals surface area contributed by atoms with Crippen molar-refractivity contribution in [2.75, 3.05) is 19.6 Å². The third-order valence-corrected chi connectivity index (χ3v) is 4.24. The standard InChI is InChI=1S/C17H26N2O/c1-3-19(4-2)17(20)13-18-16-12-8-6-10-14-9-5-7-11-15(14)16/h5,7,9,11,16,18H,3-4,6,8,10,12-13H2,1-2H3. The molecule has 20 heavy (non-hydrogen) atoms. The molecular weight excluding hydrogens is 248 g/mol. The van der Waals surface area contributed by atoms with Gasteiger partial charge < -0.3 is 10.2 Å². The Bertz CT molecular complexity index is 440. The molecule has 110 valence electrons. The number of aryl methyl sites for hydroxylation is 1. The minimum absolute atomic E-state index is 0.205. The molecule has 1 unspecified atom stereocenters. The number of fused-ring (bicyclic) bond motifs is 1. The van der Waals surface area contributed by atoms with Crippen LogP contribution in [0.4, 0.5) is 0 Å². The number of carbonyl (C=O) groups is 1. The van der Waals surface area contributed by atoms with Crippen molar-refractivity contribution in [2.45, 2.75) is 45.6 Å². The van der Waals surface area contributed by atoms with Gasteiger partial charge in [-0.15, -0.1) is 0 Å². The lowest BCUT2D eigenvalue weighted by atomic mass is 9.99. The molecule has 1 aliphatic rings. The molecule has 1 N–H and O–H groups in total. The van der Waals surface area contributed by atoms with Crippen LogP contribution in [0.25, 0.3) is 0 Å². The van der Waals surface area contributed by atoms with E-state index in [1.807, 2.05) is 18.7 Å². The van der Waals surface area contributed by atoms with E-state index in [-0.39, 0.29) is 5.91 Å². The van der Waals surface area contributed by atoms with Crippen LogP contribution in [0.5, 0.6) is 0 Å². The third kappa shape index (κ3) is 3.60. The maximum absolute atomic E-state index is 12.1. The highest BCUT2D eigenvalue weighted by atomic mass is 16.2. The molecule has 3 nitrogen and oxygen atoms in total. The van der Waals surface area contributed by atoms with Crippen molar-refractivity contribution in [3.63, 3.8) is 0 Å². The number of hydrogen-bond acceptors (Lipinski definition) is 2. The van der Waals surface area contributed by atoms with E-state index in [4.69, 9.17) is 0 Å². The average molecular weight is 274 g/mol. The van der Waals surface area contributed by atoms with Crippen molar-refractivity contribution in [3.8, 4) is 0 Å². The van der Waals surface area contributed by atoms with Gasteiger partial charge in [0.2, 0.25) is 5.91 Å². The molecule has 1 atom stereocenters. The number of rotatable bonds is 5. The molecule has 1 amide bonds. The smallest absolute Gasteiger partial charge is 0.236 e. The molecule has 0 heterocycles. The van der Waals surface area contributed by atoms with E-state index in [0.29, 0.717) is 12.6 Å². The van der Waals surface area contributed by atoms with Crippen molar-refractivity contribution in [3.05, 3.63) is 35.4 Å². The minimum atomic E-state index is 0.205. The van der Waals surface area contributed by atoms with Gasteiger partial charge in [-0.1, -0.05) is 30.7 Å². The second kappa shape index (κ2) is 7.44. The Morgan fingerprint density at radius 1 is 1.25 bits per heavy atom. The van der Waals surface area contributed by atoms with Crippen LogP contribution in [0.2, 0.25) is 0 Å². The summed E-state index contributed by atoms with van der Waals surface area (Å²) in [5.41, 5.74) is 2.83. The van der Waals surface area contributed by atoms with Gasteiger partial charge in [0.25, 0.3) is 0 Å². The quantitative estimate of drug-likeness (QED) is 0.837. The van der Waals surface area contributed by atoms with Gasteiger partial charge in [0.1, 0.15) is 0 Å². The van der Waals surface area contributed by atoms with Gasteiger partial charge in [0.05, 0.1) is 6.54 Å². The predicted molar refractivity (Wildman–Crippen MR) is 82.7 cm³/mol. The summed E-state index contributed by atoms with van der Waals surface area (Å²) in [4.78, 5) is 14.0. The molecule has 0 spiro atoms. The summed E-state index contributed by atoms with van der Waals surface area (Å²) in [7, 11) is 0. The fraction of sp³-hybridized carbons (Fsp3) is 0.588. The highest BCUT2D eigenvalue weighted by Gasteiger charge is 2.19.